The zero-order chi connectivity index (χ0) is 11.1. The highest BCUT2D eigenvalue weighted by Gasteiger charge is 2.44. The standard InChI is InChI=1S/C12H21NOS/c1-9-6-13(7-10(9)2)11(14)5-12(8-15)3-4-12/h9-10,15H,3-8H2,1-2H3. The number of nitrogens with zero attached hydrogens (tertiary/aromatic N) is 1. The number of hydrogen-bond donors (Lipinski definition) is 1. The monoisotopic (exact) mass is 227 g/mol. The fourth-order valence-corrected chi connectivity index (χ4v) is 2.76. The minimum atomic E-state index is 0.273. The van der Waals surface area contributed by atoms with E-state index in [4.69, 9.17) is 0 Å². The van der Waals surface area contributed by atoms with Gasteiger partial charge in [-0.15, -0.1) is 0 Å². The van der Waals surface area contributed by atoms with E-state index in [1.165, 1.54) is 12.8 Å². The van der Waals surface area contributed by atoms with Crippen LogP contribution in [0.1, 0.15) is 33.1 Å². The average Bonchev–Trinajstić information content (AvgIpc) is 2.89. The van der Waals surface area contributed by atoms with Gasteiger partial charge in [-0.1, -0.05) is 13.8 Å². The van der Waals surface area contributed by atoms with Crippen LogP contribution in [0.2, 0.25) is 0 Å². The highest BCUT2D eigenvalue weighted by Crippen LogP contribution is 2.50. The van der Waals surface area contributed by atoms with E-state index in [-0.39, 0.29) is 5.41 Å². The Balaban J connectivity index is 1.87. The molecule has 0 spiro atoms. The summed E-state index contributed by atoms with van der Waals surface area (Å²) in [5.74, 6) is 2.57. The predicted molar refractivity (Wildman–Crippen MR) is 65.0 cm³/mol. The third-order valence-electron chi connectivity index (χ3n) is 4.16. The molecular weight excluding hydrogens is 206 g/mol. The van der Waals surface area contributed by atoms with E-state index in [0.29, 0.717) is 17.7 Å². The van der Waals surface area contributed by atoms with Crippen molar-refractivity contribution in [2.24, 2.45) is 17.3 Å². The maximum absolute atomic E-state index is 12.0. The predicted octanol–water partition coefficient (Wildman–Crippen LogP) is 2.20. The topological polar surface area (TPSA) is 20.3 Å². The lowest BCUT2D eigenvalue weighted by molar-refractivity contribution is -0.131. The molecule has 0 N–H and O–H groups in total. The first-order chi connectivity index (χ1) is 7.06. The third-order valence-corrected chi connectivity index (χ3v) is 4.83. The van der Waals surface area contributed by atoms with Crippen molar-refractivity contribution >= 4 is 18.5 Å². The van der Waals surface area contributed by atoms with E-state index in [1.807, 2.05) is 0 Å². The number of rotatable bonds is 3. The molecule has 1 saturated carbocycles. The summed E-state index contributed by atoms with van der Waals surface area (Å²) in [5.41, 5.74) is 0.273. The summed E-state index contributed by atoms with van der Waals surface area (Å²) in [6.45, 7) is 6.40. The Bertz CT molecular complexity index is 252. The van der Waals surface area contributed by atoms with Gasteiger partial charge < -0.3 is 4.90 Å². The van der Waals surface area contributed by atoms with Crippen LogP contribution in [0.5, 0.6) is 0 Å². The summed E-state index contributed by atoms with van der Waals surface area (Å²) in [4.78, 5) is 14.1. The Hall–Kier alpha value is -0.180. The van der Waals surface area contributed by atoms with Gasteiger partial charge in [0.05, 0.1) is 0 Å². The van der Waals surface area contributed by atoms with Gasteiger partial charge in [-0.3, -0.25) is 4.79 Å². The van der Waals surface area contributed by atoms with Crippen LogP contribution in [-0.4, -0.2) is 29.6 Å². The fourth-order valence-electron chi connectivity index (χ4n) is 2.33. The molecule has 0 bridgehead atoms. The summed E-state index contributed by atoms with van der Waals surface area (Å²) < 4.78 is 0. The Morgan fingerprint density at radius 2 is 1.87 bits per heavy atom. The van der Waals surface area contributed by atoms with Crippen molar-refractivity contribution in [3.05, 3.63) is 0 Å². The Morgan fingerprint density at radius 1 is 1.33 bits per heavy atom. The molecule has 1 aliphatic carbocycles. The summed E-state index contributed by atoms with van der Waals surface area (Å²) in [5, 5.41) is 0. The second-order valence-corrected chi connectivity index (χ2v) is 5.90. The summed E-state index contributed by atoms with van der Waals surface area (Å²) in [6, 6.07) is 0. The molecule has 1 amide bonds. The van der Waals surface area contributed by atoms with Gasteiger partial charge in [-0.2, -0.15) is 12.6 Å². The molecule has 0 radical (unpaired) electrons. The first kappa shape index (κ1) is 11.3. The molecule has 2 fully saturated rings. The SMILES string of the molecule is CC1CN(C(=O)CC2(CS)CC2)CC1C. The average molecular weight is 227 g/mol. The van der Waals surface area contributed by atoms with Crippen molar-refractivity contribution < 1.29 is 4.79 Å². The lowest BCUT2D eigenvalue weighted by atomic mass is 10.0. The fraction of sp³-hybridized carbons (Fsp3) is 0.917. The molecule has 1 saturated heterocycles. The third kappa shape index (κ3) is 2.32. The van der Waals surface area contributed by atoms with Crippen molar-refractivity contribution in [3.8, 4) is 0 Å². The van der Waals surface area contributed by atoms with Gasteiger partial charge in [0.2, 0.25) is 5.91 Å². The largest absolute Gasteiger partial charge is 0.342 e. The highest BCUT2D eigenvalue weighted by molar-refractivity contribution is 7.80. The number of carbonyl (C=O) groups is 1. The molecular formula is C12H21NOS. The van der Waals surface area contributed by atoms with Crippen LogP contribution < -0.4 is 0 Å². The van der Waals surface area contributed by atoms with Gasteiger partial charge in [0.1, 0.15) is 0 Å². The van der Waals surface area contributed by atoms with Gasteiger partial charge in [0.15, 0.2) is 0 Å². The van der Waals surface area contributed by atoms with Gasteiger partial charge in [-0.25, -0.2) is 0 Å². The molecule has 2 nitrogen and oxygen atoms in total. The Morgan fingerprint density at radius 3 is 2.27 bits per heavy atom. The molecule has 86 valence electrons. The van der Waals surface area contributed by atoms with E-state index < -0.39 is 0 Å². The van der Waals surface area contributed by atoms with Gasteiger partial charge in [-0.05, 0) is 35.8 Å². The van der Waals surface area contributed by atoms with Crippen LogP contribution in [0.3, 0.4) is 0 Å². The lowest BCUT2D eigenvalue weighted by Crippen LogP contribution is -2.31. The second kappa shape index (κ2) is 4.00. The summed E-state index contributed by atoms with van der Waals surface area (Å²) in [6.07, 6.45) is 3.12. The summed E-state index contributed by atoms with van der Waals surface area (Å²) >= 11 is 4.35. The van der Waals surface area contributed by atoms with E-state index in [9.17, 15) is 4.79 Å². The lowest BCUT2D eigenvalue weighted by Gasteiger charge is -2.19. The van der Waals surface area contributed by atoms with Crippen LogP contribution in [0, 0.1) is 17.3 Å². The number of carbonyl (C=O) groups excluding carboxylic acids is 1. The Labute approximate surface area is 97.8 Å². The minimum Gasteiger partial charge on any atom is -0.342 e. The van der Waals surface area contributed by atoms with Gasteiger partial charge >= 0.3 is 0 Å². The molecule has 3 heteroatoms. The normalized spacial score (nSPS) is 33.1. The van der Waals surface area contributed by atoms with Crippen LogP contribution in [0.25, 0.3) is 0 Å². The highest BCUT2D eigenvalue weighted by atomic mass is 32.1. The van der Waals surface area contributed by atoms with Gasteiger partial charge in [0, 0.05) is 19.5 Å². The first-order valence-corrected chi connectivity index (χ1v) is 6.58. The van der Waals surface area contributed by atoms with Crippen LogP contribution in [0.4, 0.5) is 0 Å². The van der Waals surface area contributed by atoms with E-state index in [0.717, 1.165) is 25.3 Å². The summed E-state index contributed by atoms with van der Waals surface area (Å²) in [7, 11) is 0. The molecule has 0 aromatic carbocycles. The van der Waals surface area contributed by atoms with E-state index in [2.05, 4.69) is 31.4 Å². The van der Waals surface area contributed by atoms with Crippen LogP contribution in [0.15, 0.2) is 0 Å². The molecule has 2 aliphatic rings. The smallest absolute Gasteiger partial charge is 0.223 e. The zero-order valence-corrected chi connectivity index (χ0v) is 10.6. The van der Waals surface area contributed by atoms with Crippen molar-refractivity contribution in [2.45, 2.75) is 33.1 Å². The van der Waals surface area contributed by atoms with Crippen molar-refractivity contribution in [1.29, 1.82) is 0 Å². The maximum Gasteiger partial charge on any atom is 0.223 e. The van der Waals surface area contributed by atoms with Crippen molar-refractivity contribution in [3.63, 3.8) is 0 Å². The molecule has 1 aliphatic heterocycles. The number of likely N-dealkylation sites (tertiary alicyclic amines) is 1. The molecule has 15 heavy (non-hydrogen) atoms. The van der Waals surface area contributed by atoms with Crippen LogP contribution in [-0.2, 0) is 4.79 Å². The quantitative estimate of drug-likeness (QED) is 0.733. The minimum absolute atomic E-state index is 0.273. The molecule has 2 unspecified atom stereocenters. The molecule has 2 atom stereocenters. The molecule has 1 heterocycles. The molecule has 0 aromatic heterocycles. The van der Waals surface area contributed by atoms with E-state index in [1.54, 1.807) is 0 Å². The number of hydrogen-bond acceptors (Lipinski definition) is 2. The first-order valence-electron chi connectivity index (χ1n) is 5.95. The van der Waals surface area contributed by atoms with E-state index >= 15 is 0 Å². The van der Waals surface area contributed by atoms with Crippen molar-refractivity contribution in [1.82, 2.24) is 4.90 Å². The second-order valence-electron chi connectivity index (χ2n) is 5.59. The molecule has 2 rings (SSSR count). The van der Waals surface area contributed by atoms with Gasteiger partial charge in [0.25, 0.3) is 0 Å². The molecule has 0 aromatic rings. The maximum atomic E-state index is 12.0. The number of amides is 1. The van der Waals surface area contributed by atoms with Crippen LogP contribution >= 0.6 is 12.6 Å². The zero-order valence-electron chi connectivity index (χ0n) is 9.70. The Kier molecular flexibility index (Phi) is 3.02. The number of thiol groups is 1. The van der Waals surface area contributed by atoms with Crippen molar-refractivity contribution in [2.75, 3.05) is 18.8 Å².